The molecule has 0 amide bonds. The molecule has 0 aromatic rings. The minimum Gasteiger partial charge on any atom is -0.344 e. The van der Waals surface area contributed by atoms with Gasteiger partial charge in [0.15, 0.2) is 0 Å². The first-order valence-corrected chi connectivity index (χ1v) is 13.6. The van der Waals surface area contributed by atoms with Crippen molar-refractivity contribution in [1.82, 2.24) is 0 Å². The van der Waals surface area contributed by atoms with Gasteiger partial charge in [-0.25, -0.2) is 4.79 Å². The number of carbonyl (C=O) groups is 1. The number of rotatable bonds is 20. The lowest BCUT2D eigenvalue weighted by atomic mass is 10.0. The highest BCUT2D eigenvalue weighted by Crippen LogP contribution is 2.14. The van der Waals surface area contributed by atoms with Crippen LogP contribution >= 0.6 is 0 Å². The van der Waals surface area contributed by atoms with Crippen molar-refractivity contribution < 1.29 is 17.4 Å². The SMILES string of the molecule is CCCCCCCCCCCCCCCCCCS(=O)(=O)OC(=O)[C@@H](N)C(C)C. The summed E-state index contributed by atoms with van der Waals surface area (Å²) in [5.41, 5.74) is 5.62. The summed E-state index contributed by atoms with van der Waals surface area (Å²) in [5, 5.41) is 0. The van der Waals surface area contributed by atoms with E-state index < -0.39 is 22.1 Å². The average molecular weight is 434 g/mol. The third-order valence-electron chi connectivity index (χ3n) is 5.45. The van der Waals surface area contributed by atoms with Gasteiger partial charge in [0.1, 0.15) is 6.04 Å². The number of nitrogens with two attached hydrogens (primary N) is 1. The topological polar surface area (TPSA) is 86.5 Å². The van der Waals surface area contributed by atoms with E-state index in [4.69, 9.17) is 5.73 Å². The van der Waals surface area contributed by atoms with Gasteiger partial charge in [-0.2, -0.15) is 8.42 Å². The van der Waals surface area contributed by atoms with Crippen molar-refractivity contribution in [3.63, 3.8) is 0 Å². The summed E-state index contributed by atoms with van der Waals surface area (Å²) in [6.07, 6.45) is 19.8. The molecule has 0 spiro atoms. The van der Waals surface area contributed by atoms with Crippen LogP contribution in [0.25, 0.3) is 0 Å². The predicted octanol–water partition coefficient (Wildman–Crippen LogP) is 6.10. The Morgan fingerprint density at radius 1 is 0.724 bits per heavy atom. The Labute approximate surface area is 180 Å². The molecule has 0 saturated heterocycles. The molecule has 29 heavy (non-hydrogen) atoms. The van der Waals surface area contributed by atoms with E-state index in [9.17, 15) is 13.2 Å². The fourth-order valence-corrected chi connectivity index (χ4v) is 4.32. The molecule has 0 heterocycles. The van der Waals surface area contributed by atoms with Crippen LogP contribution in [-0.2, 0) is 19.1 Å². The lowest BCUT2D eigenvalue weighted by molar-refractivity contribution is -0.136. The maximum atomic E-state index is 11.8. The lowest BCUT2D eigenvalue weighted by Gasteiger charge is -2.14. The van der Waals surface area contributed by atoms with Crippen molar-refractivity contribution in [3.05, 3.63) is 0 Å². The van der Waals surface area contributed by atoms with Crippen LogP contribution in [0.1, 0.15) is 124 Å². The molecule has 1 atom stereocenters. The third kappa shape index (κ3) is 17.9. The molecule has 0 aliphatic heterocycles. The van der Waals surface area contributed by atoms with Crippen LogP contribution in [0.15, 0.2) is 0 Å². The molecule has 6 heteroatoms. The van der Waals surface area contributed by atoms with Gasteiger partial charge in [0.05, 0.1) is 5.75 Å². The van der Waals surface area contributed by atoms with E-state index in [1.165, 1.54) is 77.0 Å². The molecule has 0 unspecified atom stereocenters. The van der Waals surface area contributed by atoms with E-state index in [0.717, 1.165) is 19.3 Å². The molecular formula is C23H47NO4S. The van der Waals surface area contributed by atoms with Gasteiger partial charge in [0.2, 0.25) is 0 Å². The molecule has 0 saturated carbocycles. The van der Waals surface area contributed by atoms with Gasteiger partial charge in [0, 0.05) is 0 Å². The number of unbranched alkanes of at least 4 members (excludes halogenated alkanes) is 15. The standard InChI is InChI=1S/C23H47NO4S/c1-4-5-6-7-8-9-10-11-12-13-14-15-16-17-18-19-20-29(26,27)28-23(25)22(24)21(2)3/h21-22H,4-20,24H2,1-3H3/t22-/m0/s1. The molecule has 0 radical (unpaired) electrons. The Hall–Kier alpha value is -0.620. The first kappa shape index (κ1) is 28.4. The second-order valence-corrected chi connectivity index (χ2v) is 10.4. The van der Waals surface area contributed by atoms with Crippen LogP contribution < -0.4 is 5.73 Å². The summed E-state index contributed by atoms with van der Waals surface area (Å²) < 4.78 is 28.2. The largest absolute Gasteiger partial charge is 0.344 e. The summed E-state index contributed by atoms with van der Waals surface area (Å²) in [4.78, 5) is 11.6. The minimum absolute atomic E-state index is 0.109. The predicted molar refractivity (Wildman–Crippen MR) is 122 cm³/mol. The van der Waals surface area contributed by atoms with Crippen molar-refractivity contribution in [2.24, 2.45) is 11.7 Å². The van der Waals surface area contributed by atoms with Gasteiger partial charge < -0.3 is 9.92 Å². The molecule has 0 rings (SSSR count). The Balaban J connectivity index is 3.45. The van der Waals surface area contributed by atoms with Gasteiger partial charge in [0.25, 0.3) is 0 Å². The molecule has 0 aromatic carbocycles. The van der Waals surface area contributed by atoms with Gasteiger partial charge in [-0.3, -0.25) is 0 Å². The Morgan fingerprint density at radius 3 is 1.41 bits per heavy atom. The van der Waals surface area contributed by atoms with Crippen molar-refractivity contribution in [2.45, 2.75) is 130 Å². The molecule has 0 fully saturated rings. The zero-order valence-corrected chi connectivity index (χ0v) is 20.1. The maximum Gasteiger partial charge on any atom is 0.339 e. The van der Waals surface area contributed by atoms with E-state index in [1.54, 1.807) is 13.8 Å². The van der Waals surface area contributed by atoms with Gasteiger partial charge in [-0.1, -0.05) is 117 Å². The minimum atomic E-state index is -3.81. The van der Waals surface area contributed by atoms with Crippen LogP contribution in [0.2, 0.25) is 0 Å². The van der Waals surface area contributed by atoms with E-state index >= 15 is 0 Å². The first-order chi connectivity index (χ1) is 13.8. The molecule has 0 bridgehead atoms. The molecular weight excluding hydrogens is 386 g/mol. The highest BCUT2D eigenvalue weighted by Gasteiger charge is 2.24. The van der Waals surface area contributed by atoms with Crippen LogP contribution in [0.4, 0.5) is 0 Å². The van der Waals surface area contributed by atoms with Crippen LogP contribution in [-0.4, -0.2) is 26.2 Å². The highest BCUT2D eigenvalue weighted by molar-refractivity contribution is 7.87. The van der Waals surface area contributed by atoms with E-state index in [1.807, 2.05) is 0 Å². The molecule has 174 valence electrons. The van der Waals surface area contributed by atoms with Gasteiger partial charge >= 0.3 is 16.1 Å². The van der Waals surface area contributed by atoms with Crippen molar-refractivity contribution in [2.75, 3.05) is 5.75 Å². The smallest absolute Gasteiger partial charge is 0.339 e. The molecule has 2 N–H and O–H groups in total. The summed E-state index contributed by atoms with van der Waals surface area (Å²) in [6.45, 7) is 5.78. The Bertz CT molecular complexity index is 491. The molecule has 0 aliphatic carbocycles. The van der Waals surface area contributed by atoms with Crippen molar-refractivity contribution in [3.8, 4) is 0 Å². The van der Waals surface area contributed by atoms with Crippen LogP contribution in [0.3, 0.4) is 0 Å². The van der Waals surface area contributed by atoms with E-state index in [-0.39, 0.29) is 11.7 Å². The second-order valence-electron chi connectivity index (χ2n) is 8.74. The molecule has 0 aliphatic rings. The van der Waals surface area contributed by atoms with E-state index in [0.29, 0.717) is 6.42 Å². The molecule has 5 nitrogen and oxygen atoms in total. The maximum absolute atomic E-state index is 11.8. The zero-order valence-electron chi connectivity index (χ0n) is 19.3. The van der Waals surface area contributed by atoms with Crippen molar-refractivity contribution >= 4 is 16.1 Å². The summed E-state index contributed by atoms with van der Waals surface area (Å²) in [5.74, 6) is -1.10. The van der Waals surface area contributed by atoms with Gasteiger partial charge in [-0.05, 0) is 12.3 Å². The zero-order chi connectivity index (χ0) is 22.0. The van der Waals surface area contributed by atoms with E-state index in [2.05, 4.69) is 11.1 Å². The summed E-state index contributed by atoms with van der Waals surface area (Å²) in [6, 6.07) is -0.893. The summed E-state index contributed by atoms with van der Waals surface area (Å²) >= 11 is 0. The fourth-order valence-electron chi connectivity index (χ4n) is 3.32. The lowest BCUT2D eigenvalue weighted by Crippen LogP contribution is -2.38. The van der Waals surface area contributed by atoms with Gasteiger partial charge in [-0.15, -0.1) is 0 Å². The Morgan fingerprint density at radius 2 is 1.07 bits per heavy atom. The van der Waals surface area contributed by atoms with Crippen molar-refractivity contribution in [1.29, 1.82) is 0 Å². The Kier molecular flexibility index (Phi) is 17.8. The highest BCUT2D eigenvalue weighted by atomic mass is 32.2. The molecule has 0 aromatic heterocycles. The first-order valence-electron chi connectivity index (χ1n) is 12.0. The third-order valence-corrected chi connectivity index (χ3v) is 6.65. The second kappa shape index (κ2) is 18.2. The van der Waals surface area contributed by atoms with Crippen LogP contribution in [0.5, 0.6) is 0 Å². The number of hydrogen-bond acceptors (Lipinski definition) is 5. The summed E-state index contributed by atoms with van der Waals surface area (Å²) in [7, 11) is -3.81. The number of hydrogen-bond donors (Lipinski definition) is 1. The quantitative estimate of drug-likeness (QED) is 0.185. The van der Waals surface area contributed by atoms with Crippen LogP contribution in [0, 0.1) is 5.92 Å². The average Bonchev–Trinajstić information content (AvgIpc) is 2.66. The normalized spacial score (nSPS) is 13.0. The number of carbonyl (C=O) groups excluding carboxylic acids is 1. The monoisotopic (exact) mass is 433 g/mol. The fraction of sp³-hybridized carbons (Fsp3) is 0.957.